The van der Waals surface area contributed by atoms with E-state index in [0.29, 0.717) is 5.75 Å². The third-order valence-electron chi connectivity index (χ3n) is 5.82. The molecule has 30 heavy (non-hydrogen) atoms. The van der Waals surface area contributed by atoms with Crippen LogP contribution in [0.1, 0.15) is 50.4 Å². The van der Waals surface area contributed by atoms with Gasteiger partial charge in [0.1, 0.15) is 11.5 Å². The summed E-state index contributed by atoms with van der Waals surface area (Å²) < 4.78 is 10.8. The van der Waals surface area contributed by atoms with Gasteiger partial charge in [0.05, 0.1) is 18.8 Å². The summed E-state index contributed by atoms with van der Waals surface area (Å²) in [6.07, 6.45) is 6.03. The minimum absolute atomic E-state index is 0.0364. The van der Waals surface area contributed by atoms with Crippen LogP contribution >= 0.6 is 0 Å². The van der Waals surface area contributed by atoms with Crippen molar-refractivity contribution in [2.45, 2.75) is 45.6 Å². The summed E-state index contributed by atoms with van der Waals surface area (Å²) in [5.41, 5.74) is 2.12. The van der Waals surface area contributed by atoms with Gasteiger partial charge in [-0.15, -0.1) is 0 Å². The molecule has 1 aliphatic heterocycles. The molecule has 1 aromatic heterocycles. The summed E-state index contributed by atoms with van der Waals surface area (Å²) in [5.74, 6) is 2.05. The Balaban J connectivity index is 1.43. The van der Waals surface area contributed by atoms with Gasteiger partial charge in [0.2, 0.25) is 5.95 Å². The molecular weight excluding hydrogens is 380 g/mol. The normalized spacial score (nSPS) is 19.8. The highest BCUT2D eigenvalue weighted by Crippen LogP contribution is 2.40. The van der Waals surface area contributed by atoms with Crippen LogP contribution in [0.25, 0.3) is 0 Å². The molecule has 1 aliphatic carbocycles. The molecule has 1 amide bonds. The summed E-state index contributed by atoms with van der Waals surface area (Å²) in [5, 5.41) is 3.13. The Kier molecular flexibility index (Phi) is 5.79. The number of nitrogens with zero attached hydrogens (tertiary/aromatic N) is 3. The van der Waals surface area contributed by atoms with Crippen molar-refractivity contribution < 1.29 is 14.3 Å². The van der Waals surface area contributed by atoms with Crippen LogP contribution < -0.4 is 19.7 Å². The van der Waals surface area contributed by atoms with E-state index in [2.05, 4.69) is 29.0 Å². The zero-order valence-electron chi connectivity index (χ0n) is 18.0. The van der Waals surface area contributed by atoms with Gasteiger partial charge in [-0.1, -0.05) is 13.8 Å². The first-order valence-corrected chi connectivity index (χ1v) is 10.6. The Hall–Kier alpha value is -2.83. The molecule has 7 heteroatoms. The van der Waals surface area contributed by atoms with Crippen LogP contribution in [0.3, 0.4) is 0 Å². The fourth-order valence-electron chi connectivity index (χ4n) is 4.29. The van der Waals surface area contributed by atoms with E-state index >= 15 is 0 Å². The standard InChI is InChI=1S/C23H30N4O3/c1-23(2)12-19(25-21(28)15-30-17-8-6-16(29-3)7-9-17)18-14-24-22(26-20(18)13-23)27-10-4-5-11-27/h6-9,14,19H,4-5,10-13,15H2,1-3H3,(H,25,28)/t19-/m0/s1. The number of hydrogen-bond acceptors (Lipinski definition) is 6. The molecule has 160 valence electrons. The average Bonchev–Trinajstić information content (AvgIpc) is 3.26. The number of amides is 1. The average molecular weight is 411 g/mol. The van der Waals surface area contributed by atoms with Gasteiger partial charge < -0.3 is 19.7 Å². The van der Waals surface area contributed by atoms with Crippen LogP contribution in [-0.2, 0) is 11.2 Å². The van der Waals surface area contributed by atoms with Crippen molar-refractivity contribution in [3.05, 3.63) is 41.7 Å². The first-order chi connectivity index (χ1) is 14.4. The number of carbonyl (C=O) groups excluding carboxylic acids is 1. The summed E-state index contributed by atoms with van der Waals surface area (Å²) in [6.45, 7) is 6.45. The third-order valence-corrected chi connectivity index (χ3v) is 5.82. The lowest BCUT2D eigenvalue weighted by atomic mass is 9.74. The molecule has 7 nitrogen and oxygen atoms in total. The van der Waals surface area contributed by atoms with Gasteiger partial charge in [-0.3, -0.25) is 4.79 Å². The van der Waals surface area contributed by atoms with E-state index < -0.39 is 0 Å². The number of ether oxygens (including phenoxy) is 2. The highest BCUT2D eigenvalue weighted by molar-refractivity contribution is 5.78. The maximum Gasteiger partial charge on any atom is 0.258 e. The van der Waals surface area contributed by atoms with Crippen molar-refractivity contribution in [2.24, 2.45) is 5.41 Å². The van der Waals surface area contributed by atoms with Gasteiger partial charge in [0, 0.05) is 24.8 Å². The summed E-state index contributed by atoms with van der Waals surface area (Å²) in [7, 11) is 1.62. The van der Waals surface area contributed by atoms with Gasteiger partial charge in [-0.05, 0) is 55.4 Å². The molecule has 0 unspecified atom stereocenters. The fourth-order valence-corrected chi connectivity index (χ4v) is 4.29. The van der Waals surface area contributed by atoms with Crippen molar-refractivity contribution in [1.82, 2.24) is 15.3 Å². The monoisotopic (exact) mass is 410 g/mol. The number of fused-ring (bicyclic) bond motifs is 1. The van der Waals surface area contributed by atoms with Crippen molar-refractivity contribution in [1.29, 1.82) is 0 Å². The van der Waals surface area contributed by atoms with E-state index in [-0.39, 0.29) is 24.0 Å². The van der Waals surface area contributed by atoms with Gasteiger partial charge >= 0.3 is 0 Å². The maximum atomic E-state index is 12.6. The second-order valence-corrected chi connectivity index (χ2v) is 8.90. The number of benzene rings is 1. The smallest absolute Gasteiger partial charge is 0.258 e. The highest BCUT2D eigenvalue weighted by Gasteiger charge is 2.35. The predicted octanol–water partition coefficient (Wildman–Crippen LogP) is 3.29. The quantitative estimate of drug-likeness (QED) is 0.788. The molecule has 1 saturated heterocycles. The molecule has 1 fully saturated rings. The number of methoxy groups -OCH3 is 1. The van der Waals surface area contributed by atoms with Crippen LogP contribution in [-0.4, -0.2) is 42.7 Å². The largest absolute Gasteiger partial charge is 0.497 e. The first-order valence-electron chi connectivity index (χ1n) is 10.6. The molecule has 1 aromatic carbocycles. The second-order valence-electron chi connectivity index (χ2n) is 8.90. The number of hydrogen-bond donors (Lipinski definition) is 1. The molecule has 0 radical (unpaired) electrons. The number of rotatable bonds is 6. The second kappa shape index (κ2) is 8.50. The molecule has 4 rings (SSSR count). The third kappa shape index (κ3) is 4.66. The molecule has 1 atom stereocenters. The summed E-state index contributed by atoms with van der Waals surface area (Å²) >= 11 is 0. The van der Waals surface area contributed by atoms with Gasteiger partial charge in [-0.2, -0.15) is 0 Å². The Morgan fingerprint density at radius 1 is 1.20 bits per heavy atom. The fraction of sp³-hybridized carbons (Fsp3) is 0.522. The van der Waals surface area contributed by atoms with Crippen LogP contribution in [0.2, 0.25) is 0 Å². The van der Waals surface area contributed by atoms with Crippen LogP contribution in [0.5, 0.6) is 11.5 Å². The summed E-state index contributed by atoms with van der Waals surface area (Å²) in [4.78, 5) is 24.3. The number of carbonyl (C=O) groups is 1. The lowest BCUT2D eigenvalue weighted by Gasteiger charge is -2.36. The number of nitrogens with one attached hydrogen (secondary N) is 1. The van der Waals surface area contributed by atoms with Crippen LogP contribution in [0.4, 0.5) is 5.95 Å². The predicted molar refractivity (Wildman–Crippen MR) is 115 cm³/mol. The minimum atomic E-state index is -0.150. The Labute approximate surface area is 177 Å². The topological polar surface area (TPSA) is 76.6 Å². The lowest BCUT2D eigenvalue weighted by Crippen LogP contribution is -2.39. The molecule has 0 spiro atoms. The van der Waals surface area contributed by atoms with E-state index in [4.69, 9.17) is 14.5 Å². The van der Waals surface area contributed by atoms with Crippen LogP contribution in [0.15, 0.2) is 30.5 Å². The van der Waals surface area contributed by atoms with E-state index in [1.165, 1.54) is 12.8 Å². The van der Waals surface area contributed by atoms with Crippen molar-refractivity contribution >= 4 is 11.9 Å². The number of aromatic nitrogens is 2. The molecule has 2 heterocycles. The zero-order chi connectivity index (χ0) is 21.1. The van der Waals surface area contributed by atoms with Crippen molar-refractivity contribution in [2.75, 3.05) is 31.7 Å². The number of anilines is 1. The summed E-state index contributed by atoms with van der Waals surface area (Å²) in [6, 6.07) is 7.09. The molecule has 2 aromatic rings. The van der Waals surface area contributed by atoms with Crippen molar-refractivity contribution in [3.63, 3.8) is 0 Å². The molecular formula is C23H30N4O3. The molecule has 0 saturated carbocycles. The molecule has 0 bridgehead atoms. The molecule has 1 N–H and O–H groups in total. The van der Waals surface area contributed by atoms with E-state index in [9.17, 15) is 4.79 Å². The maximum absolute atomic E-state index is 12.6. The first kappa shape index (κ1) is 20.4. The van der Waals surface area contributed by atoms with Crippen LogP contribution in [0, 0.1) is 5.41 Å². The lowest BCUT2D eigenvalue weighted by molar-refractivity contribution is -0.124. The SMILES string of the molecule is COc1ccc(OCC(=O)N[C@H]2CC(C)(C)Cc3nc(N4CCCC4)ncc32)cc1. The van der Waals surface area contributed by atoms with E-state index in [1.54, 1.807) is 19.2 Å². The Bertz CT molecular complexity index is 892. The van der Waals surface area contributed by atoms with Gasteiger partial charge in [0.25, 0.3) is 5.91 Å². The minimum Gasteiger partial charge on any atom is -0.497 e. The Morgan fingerprint density at radius 3 is 2.60 bits per heavy atom. The van der Waals surface area contributed by atoms with E-state index in [1.807, 2.05) is 18.3 Å². The Morgan fingerprint density at radius 2 is 1.90 bits per heavy atom. The van der Waals surface area contributed by atoms with Gasteiger partial charge in [-0.25, -0.2) is 9.97 Å². The van der Waals surface area contributed by atoms with Crippen molar-refractivity contribution in [3.8, 4) is 11.5 Å². The van der Waals surface area contributed by atoms with E-state index in [0.717, 1.165) is 48.9 Å². The zero-order valence-corrected chi connectivity index (χ0v) is 18.0. The molecule has 2 aliphatic rings. The highest BCUT2D eigenvalue weighted by atomic mass is 16.5. The van der Waals surface area contributed by atoms with Gasteiger partial charge in [0.15, 0.2) is 6.61 Å².